The highest BCUT2D eigenvalue weighted by Gasteiger charge is 2.30. The number of anilines is 1. The molecule has 1 aromatic carbocycles. The molecule has 0 saturated heterocycles. The molecule has 0 heterocycles. The first kappa shape index (κ1) is 17.9. The molecule has 0 aliphatic carbocycles. The maximum atomic E-state index is 12.3. The van der Waals surface area contributed by atoms with E-state index in [1.54, 1.807) is 11.9 Å². The van der Waals surface area contributed by atoms with E-state index in [2.05, 4.69) is 6.07 Å². The predicted molar refractivity (Wildman–Crippen MR) is 84.0 cm³/mol. The molecular weight excluding hydrogens is 260 g/mol. The first-order valence-electron chi connectivity index (χ1n) is 6.24. The van der Waals surface area contributed by atoms with Crippen LogP contribution in [0.3, 0.4) is 0 Å². The van der Waals surface area contributed by atoms with Gasteiger partial charge in [0, 0.05) is 12.7 Å². The summed E-state index contributed by atoms with van der Waals surface area (Å²) < 4.78 is 0. The van der Waals surface area contributed by atoms with Crippen molar-refractivity contribution in [1.29, 1.82) is 0 Å². The second-order valence-electron chi connectivity index (χ2n) is 6.09. The highest BCUT2D eigenvalue weighted by atomic mass is 35.5. The van der Waals surface area contributed by atoms with Gasteiger partial charge in [-0.2, -0.15) is 0 Å². The van der Waals surface area contributed by atoms with Crippen LogP contribution in [0.1, 0.15) is 31.9 Å². The van der Waals surface area contributed by atoms with Gasteiger partial charge in [0.05, 0.1) is 6.04 Å². The third-order valence-corrected chi connectivity index (χ3v) is 3.12. The average Bonchev–Trinajstić information content (AvgIpc) is 2.23. The van der Waals surface area contributed by atoms with E-state index < -0.39 is 6.04 Å². The summed E-state index contributed by atoms with van der Waals surface area (Å²) in [5, 5.41) is 0. The molecule has 2 N–H and O–H groups in total. The lowest BCUT2D eigenvalue weighted by atomic mass is 9.86. The van der Waals surface area contributed by atoms with Gasteiger partial charge in [-0.15, -0.1) is 12.4 Å². The molecule has 0 bridgehead atoms. The van der Waals surface area contributed by atoms with Crippen molar-refractivity contribution in [2.45, 2.75) is 40.7 Å². The zero-order chi connectivity index (χ0) is 14.1. The van der Waals surface area contributed by atoms with Gasteiger partial charge in [0.25, 0.3) is 0 Å². The number of hydrogen-bond donors (Lipinski definition) is 1. The van der Waals surface area contributed by atoms with Gasteiger partial charge in [-0.05, 0) is 42.5 Å². The Morgan fingerprint density at radius 3 is 1.95 bits per heavy atom. The molecule has 19 heavy (non-hydrogen) atoms. The van der Waals surface area contributed by atoms with Crippen LogP contribution in [-0.2, 0) is 4.79 Å². The van der Waals surface area contributed by atoms with Crippen LogP contribution in [0.2, 0.25) is 0 Å². The highest BCUT2D eigenvalue weighted by Crippen LogP contribution is 2.23. The van der Waals surface area contributed by atoms with Gasteiger partial charge < -0.3 is 10.6 Å². The summed E-state index contributed by atoms with van der Waals surface area (Å²) in [6, 6.07) is 5.59. The van der Waals surface area contributed by atoms with Crippen molar-refractivity contribution >= 4 is 24.0 Å². The number of nitrogens with two attached hydrogens (primary N) is 1. The fourth-order valence-electron chi connectivity index (χ4n) is 1.85. The van der Waals surface area contributed by atoms with Crippen LogP contribution in [0.15, 0.2) is 18.2 Å². The molecule has 0 saturated carbocycles. The minimum absolute atomic E-state index is 0. The Bertz CT molecular complexity index is 432. The molecule has 108 valence electrons. The summed E-state index contributed by atoms with van der Waals surface area (Å²) in [6.45, 7) is 9.98. The second kappa shape index (κ2) is 6.40. The zero-order valence-corrected chi connectivity index (χ0v) is 13.5. The number of likely N-dealkylation sites (N-methyl/N-ethyl adjacent to an activating group) is 1. The van der Waals surface area contributed by atoms with E-state index in [1.165, 1.54) is 0 Å². The molecule has 0 aliphatic heterocycles. The Kier molecular flexibility index (Phi) is 6.04. The van der Waals surface area contributed by atoms with E-state index in [1.807, 2.05) is 46.8 Å². The second-order valence-corrected chi connectivity index (χ2v) is 6.09. The first-order valence-corrected chi connectivity index (χ1v) is 6.24. The fourth-order valence-corrected chi connectivity index (χ4v) is 1.85. The molecule has 4 heteroatoms. The Hall–Kier alpha value is -1.06. The van der Waals surface area contributed by atoms with Crippen molar-refractivity contribution in [2.75, 3.05) is 11.9 Å². The van der Waals surface area contributed by atoms with E-state index in [9.17, 15) is 4.79 Å². The summed E-state index contributed by atoms with van der Waals surface area (Å²) in [5.41, 5.74) is 8.98. The molecule has 0 spiro atoms. The number of carbonyl (C=O) groups is 1. The van der Waals surface area contributed by atoms with Crippen LogP contribution in [0.4, 0.5) is 5.69 Å². The predicted octanol–water partition coefficient (Wildman–Crippen LogP) is 3.06. The number of nitrogens with zero attached hydrogens (tertiary/aromatic N) is 1. The molecule has 1 atom stereocenters. The number of halogens is 1. The lowest BCUT2D eigenvalue weighted by molar-refractivity contribution is -0.121. The number of benzene rings is 1. The number of rotatable bonds is 2. The smallest absolute Gasteiger partial charge is 0.244 e. The number of carbonyl (C=O) groups excluding carboxylic acids is 1. The molecule has 1 rings (SSSR count). The number of hydrogen-bond acceptors (Lipinski definition) is 2. The third kappa shape index (κ3) is 4.51. The van der Waals surface area contributed by atoms with Gasteiger partial charge in [0.15, 0.2) is 0 Å². The molecule has 0 radical (unpaired) electrons. The van der Waals surface area contributed by atoms with Gasteiger partial charge in [-0.25, -0.2) is 0 Å². The summed E-state index contributed by atoms with van der Waals surface area (Å²) in [5.74, 6) is -0.0486. The Morgan fingerprint density at radius 2 is 1.58 bits per heavy atom. The van der Waals surface area contributed by atoms with Crippen molar-refractivity contribution in [3.8, 4) is 0 Å². The molecule has 1 aromatic rings. The molecule has 0 aromatic heterocycles. The van der Waals surface area contributed by atoms with Gasteiger partial charge >= 0.3 is 0 Å². The van der Waals surface area contributed by atoms with Crippen molar-refractivity contribution in [3.05, 3.63) is 29.3 Å². The minimum Gasteiger partial charge on any atom is -0.319 e. The van der Waals surface area contributed by atoms with E-state index in [4.69, 9.17) is 5.73 Å². The molecule has 3 nitrogen and oxygen atoms in total. The summed E-state index contributed by atoms with van der Waals surface area (Å²) in [7, 11) is 1.78. The molecule has 0 unspecified atom stereocenters. The number of amides is 1. The van der Waals surface area contributed by atoms with Crippen molar-refractivity contribution in [3.63, 3.8) is 0 Å². The number of aryl methyl sites for hydroxylation is 2. The standard InChI is InChI=1S/C15H24N2O.ClH/c1-10-7-11(2)9-12(8-10)17(6)14(18)13(16)15(3,4)5;/h7-9,13H,16H2,1-6H3;1H/t13-;/m1./s1. The largest absolute Gasteiger partial charge is 0.319 e. The maximum absolute atomic E-state index is 12.3. The zero-order valence-electron chi connectivity index (χ0n) is 12.7. The minimum atomic E-state index is -0.497. The van der Waals surface area contributed by atoms with Crippen molar-refractivity contribution < 1.29 is 4.79 Å². The Labute approximate surface area is 122 Å². The van der Waals surface area contributed by atoms with Gasteiger partial charge in [0.2, 0.25) is 5.91 Å². The molecular formula is C15H25ClN2O. The fraction of sp³-hybridized carbons (Fsp3) is 0.533. The van der Waals surface area contributed by atoms with Crippen LogP contribution < -0.4 is 10.6 Å². The van der Waals surface area contributed by atoms with Crippen molar-refractivity contribution in [1.82, 2.24) is 0 Å². The third-order valence-electron chi connectivity index (χ3n) is 3.12. The van der Waals surface area contributed by atoms with Crippen LogP contribution in [0, 0.1) is 19.3 Å². The average molecular weight is 285 g/mol. The topological polar surface area (TPSA) is 46.3 Å². The van der Waals surface area contributed by atoms with Crippen LogP contribution in [0.25, 0.3) is 0 Å². The van der Waals surface area contributed by atoms with E-state index >= 15 is 0 Å². The summed E-state index contributed by atoms with van der Waals surface area (Å²) in [4.78, 5) is 14.0. The van der Waals surface area contributed by atoms with Crippen LogP contribution in [-0.4, -0.2) is 19.0 Å². The SMILES string of the molecule is Cc1cc(C)cc(N(C)C(=O)[C@@H](N)C(C)(C)C)c1.Cl. The van der Waals surface area contributed by atoms with E-state index in [0.29, 0.717) is 0 Å². The van der Waals surface area contributed by atoms with Crippen LogP contribution >= 0.6 is 12.4 Å². The first-order chi connectivity index (χ1) is 8.12. The summed E-state index contributed by atoms with van der Waals surface area (Å²) >= 11 is 0. The molecule has 1 amide bonds. The summed E-state index contributed by atoms with van der Waals surface area (Å²) in [6.07, 6.45) is 0. The molecule has 0 fully saturated rings. The Balaban J connectivity index is 0.00000324. The van der Waals surface area contributed by atoms with Gasteiger partial charge in [0.1, 0.15) is 0 Å². The Morgan fingerprint density at radius 1 is 1.16 bits per heavy atom. The van der Waals surface area contributed by atoms with Crippen molar-refractivity contribution in [2.24, 2.45) is 11.1 Å². The van der Waals surface area contributed by atoms with E-state index in [-0.39, 0.29) is 23.7 Å². The normalized spacial score (nSPS) is 12.6. The van der Waals surface area contributed by atoms with E-state index in [0.717, 1.165) is 16.8 Å². The lowest BCUT2D eigenvalue weighted by Gasteiger charge is -2.30. The highest BCUT2D eigenvalue weighted by molar-refractivity contribution is 5.97. The lowest BCUT2D eigenvalue weighted by Crippen LogP contribution is -2.49. The van der Waals surface area contributed by atoms with Crippen LogP contribution in [0.5, 0.6) is 0 Å². The van der Waals surface area contributed by atoms with Gasteiger partial charge in [-0.1, -0.05) is 26.8 Å². The molecule has 0 aliphatic rings. The quantitative estimate of drug-likeness (QED) is 0.907. The maximum Gasteiger partial charge on any atom is 0.244 e. The van der Waals surface area contributed by atoms with Gasteiger partial charge in [-0.3, -0.25) is 4.79 Å². The monoisotopic (exact) mass is 284 g/mol.